The van der Waals surface area contributed by atoms with E-state index in [9.17, 15) is 26.7 Å². The van der Waals surface area contributed by atoms with Gasteiger partial charge in [-0.05, 0) is 17.7 Å². The van der Waals surface area contributed by atoms with Gasteiger partial charge in [-0.2, -0.15) is 32.1 Å². The number of thiophene rings is 1. The van der Waals surface area contributed by atoms with Crippen LogP contribution >= 0.6 is 11.3 Å². The van der Waals surface area contributed by atoms with Gasteiger partial charge in [-0.3, -0.25) is 9.25 Å². The fraction of sp³-hybridized carbons (Fsp3) is 0.217. The molecule has 4 aromatic rings. The van der Waals surface area contributed by atoms with Crippen LogP contribution in [0.4, 0.5) is 22.0 Å². The Morgan fingerprint density at radius 3 is 2.34 bits per heavy atom. The Morgan fingerprint density at radius 2 is 1.74 bits per heavy atom. The van der Waals surface area contributed by atoms with Crippen molar-refractivity contribution in [3.05, 3.63) is 93.8 Å². The number of aliphatic carboxylic acids is 1. The molecule has 0 saturated heterocycles. The third-order valence-corrected chi connectivity index (χ3v) is 6.11. The number of aromatic nitrogens is 5. The quantitative estimate of drug-likeness (QED) is 0.319. The van der Waals surface area contributed by atoms with Crippen molar-refractivity contribution < 1.29 is 31.9 Å². The summed E-state index contributed by atoms with van der Waals surface area (Å²) in [5.41, 5.74) is 6.70. The second-order valence-electron chi connectivity index (χ2n) is 7.75. The molecule has 0 radical (unpaired) electrons. The minimum Gasteiger partial charge on any atom is -0.475 e. The van der Waals surface area contributed by atoms with Crippen molar-refractivity contribution in [1.29, 1.82) is 0 Å². The molecule has 0 atom stereocenters. The summed E-state index contributed by atoms with van der Waals surface area (Å²) >= 11 is 1.54. The molecule has 3 heterocycles. The fourth-order valence-electron chi connectivity index (χ4n) is 3.10. The summed E-state index contributed by atoms with van der Waals surface area (Å²) in [7, 11) is 0. The molecule has 15 heteroatoms. The van der Waals surface area contributed by atoms with Crippen molar-refractivity contribution in [2.45, 2.75) is 25.8 Å². The maximum Gasteiger partial charge on any atom is 0.490 e. The van der Waals surface area contributed by atoms with Gasteiger partial charge in [0.05, 0.1) is 25.8 Å². The zero-order valence-corrected chi connectivity index (χ0v) is 20.3. The number of halogens is 5. The van der Waals surface area contributed by atoms with Crippen LogP contribution in [0.15, 0.2) is 77.6 Å². The molecule has 0 fully saturated rings. The summed E-state index contributed by atoms with van der Waals surface area (Å²) < 4.78 is 61.6. The lowest BCUT2D eigenvalue weighted by molar-refractivity contribution is -0.192. The Labute approximate surface area is 215 Å². The number of alkyl halides is 3. The molecule has 0 bridgehead atoms. The number of carboxylic acid groups (broad SMARTS) is 1. The highest BCUT2D eigenvalue weighted by atomic mass is 32.1. The first-order valence-electron chi connectivity index (χ1n) is 10.8. The second-order valence-corrected chi connectivity index (χ2v) is 8.92. The number of hydrogen-bond acceptors (Lipinski definition) is 6. The summed E-state index contributed by atoms with van der Waals surface area (Å²) in [6, 6.07) is 14.0. The predicted molar refractivity (Wildman–Crippen MR) is 129 cm³/mol. The molecule has 0 aliphatic heterocycles. The van der Waals surface area contributed by atoms with Gasteiger partial charge in [0.15, 0.2) is 0 Å². The normalized spacial score (nSPS) is 11.1. The molecule has 0 unspecified atom stereocenters. The van der Waals surface area contributed by atoms with Gasteiger partial charge < -0.3 is 10.8 Å². The van der Waals surface area contributed by atoms with Crippen LogP contribution < -0.4 is 11.4 Å². The van der Waals surface area contributed by atoms with E-state index in [1.54, 1.807) is 11.3 Å². The van der Waals surface area contributed by atoms with Gasteiger partial charge in [0.2, 0.25) is 0 Å². The zero-order chi connectivity index (χ0) is 27.9. The van der Waals surface area contributed by atoms with Crippen molar-refractivity contribution in [2.75, 3.05) is 6.54 Å². The average Bonchev–Trinajstić information content (AvgIpc) is 3.60. The Morgan fingerprint density at radius 1 is 1.05 bits per heavy atom. The van der Waals surface area contributed by atoms with Gasteiger partial charge in [0.1, 0.15) is 6.33 Å². The molecule has 0 spiro atoms. The molecule has 0 saturated carbocycles. The topological polar surface area (TPSA) is 121 Å². The smallest absolute Gasteiger partial charge is 0.475 e. The third kappa shape index (κ3) is 7.69. The number of hydrogen-bond donors (Lipinski definition) is 2. The summed E-state index contributed by atoms with van der Waals surface area (Å²) in [6.07, 6.45) is -1.81. The number of carbonyl (C=O) groups is 1. The molecule has 0 amide bonds. The standard InChI is InChI=1S/C21H20F2N6OS.C2HF3O2/c22-20(23)16(8-24)12-29-21(30)27(14-26-29)13-18-6-7-19(31-18)17-9-25-28(11-17)10-15-4-2-1-3-5-15;3-2(4,5)1(6)7/h1-7,9,11,14H,8,10,12-13,24H2;(H,6,7). The monoisotopic (exact) mass is 556 g/mol. The largest absolute Gasteiger partial charge is 0.490 e. The first-order valence-corrected chi connectivity index (χ1v) is 11.6. The van der Waals surface area contributed by atoms with Crippen molar-refractivity contribution >= 4 is 17.3 Å². The Kier molecular flexibility index (Phi) is 9.30. The van der Waals surface area contributed by atoms with E-state index >= 15 is 0 Å². The molecule has 3 N–H and O–H groups in total. The maximum atomic E-state index is 12.8. The lowest BCUT2D eigenvalue weighted by atomic mass is 10.2. The molecular weight excluding hydrogens is 535 g/mol. The molecule has 1 aromatic carbocycles. The van der Waals surface area contributed by atoms with E-state index in [0.29, 0.717) is 13.1 Å². The molecule has 4 rings (SSSR count). The van der Waals surface area contributed by atoms with Crippen molar-refractivity contribution in [1.82, 2.24) is 24.1 Å². The van der Waals surface area contributed by atoms with Crippen LogP contribution in [0.2, 0.25) is 0 Å². The molecule has 3 aromatic heterocycles. The summed E-state index contributed by atoms with van der Waals surface area (Å²) in [5.74, 6) is -2.76. The zero-order valence-electron chi connectivity index (χ0n) is 19.5. The van der Waals surface area contributed by atoms with Crippen LogP contribution in [0.5, 0.6) is 0 Å². The third-order valence-electron chi connectivity index (χ3n) is 4.99. The molecule has 0 aliphatic carbocycles. The number of rotatable bonds is 8. The van der Waals surface area contributed by atoms with Crippen LogP contribution in [0, 0.1) is 0 Å². The van der Waals surface area contributed by atoms with Gasteiger partial charge in [-0.15, -0.1) is 11.3 Å². The lowest BCUT2D eigenvalue weighted by Gasteiger charge is -2.02. The minimum absolute atomic E-state index is 0.307. The van der Waals surface area contributed by atoms with Crippen molar-refractivity contribution in [2.24, 2.45) is 5.73 Å². The minimum atomic E-state index is -5.08. The van der Waals surface area contributed by atoms with Gasteiger partial charge in [0, 0.05) is 33.6 Å². The van der Waals surface area contributed by atoms with Crippen LogP contribution in [0.3, 0.4) is 0 Å². The van der Waals surface area contributed by atoms with E-state index in [4.69, 9.17) is 15.6 Å². The van der Waals surface area contributed by atoms with E-state index in [-0.39, 0.29) is 18.7 Å². The predicted octanol–water partition coefficient (Wildman–Crippen LogP) is 3.81. The highest BCUT2D eigenvalue weighted by Crippen LogP contribution is 2.28. The number of nitrogens with zero attached hydrogens (tertiary/aromatic N) is 5. The number of carboxylic acids is 1. The number of nitrogens with two attached hydrogens (primary N) is 1. The van der Waals surface area contributed by atoms with E-state index < -0.39 is 23.9 Å². The van der Waals surface area contributed by atoms with Crippen LogP contribution in [-0.2, 0) is 24.4 Å². The first kappa shape index (κ1) is 28.5. The van der Waals surface area contributed by atoms with Crippen molar-refractivity contribution in [3.63, 3.8) is 0 Å². The SMILES string of the molecule is NCC(Cn1ncn(Cc2ccc(-c3cnn(Cc4ccccc4)c3)s2)c1=O)=C(F)F.O=C(O)C(F)(F)F. The second kappa shape index (κ2) is 12.4. The van der Waals surface area contributed by atoms with Crippen LogP contribution in [0.1, 0.15) is 10.4 Å². The van der Waals surface area contributed by atoms with Gasteiger partial charge in [-0.25, -0.2) is 14.3 Å². The highest BCUT2D eigenvalue weighted by Gasteiger charge is 2.38. The van der Waals surface area contributed by atoms with Crippen LogP contribution in [-0.4, -0.2) is 47.9 Å². The molecular formula is C23H21F5N6O3S. The van der Waals surface area contributed by atoms with E-state index in [0.717, 1.165) is 20.0 Å². The molecule has 9 nitrogen and oxygen atoms in total. The van der Waals surface area contributed by atoms with Gasteiger partial charge in [0.25, 0.3) is 6.08 Å². The number of benzene rings is 1. The van der Waals surface area contributed by atoms with Crippen molar-refractivity contribution in [3.8, 4) is 10.4 Å². The van der Waals surface area contributed by atoms with Crippen LogP contribution in [0.25, 0.3) is 10.4 Å². The molecule has 0 aliphatic rings. The summed E-state index contributed by atoms with van der Waals surface area (Å²) in [6.45, 7) is 0.350. The fourth-order valence-corrected chi connectivity index (χ4v) is 4.09. The van der Waals surface area contributed by atoms with E-state index in [1.807, 2.05) is 47.4 Å². The Hall–Kier alpha value is -4.11. The average molecular weight is 557 g/mol. The van der Waals surface area contributed by atoms with Gasteiger partial charge in [-0.1, -0.05) is 30.3 Å². The molecule has 202 valence electrons. The lowest BCUT2D eigenvalue weighted by Crippen LogP contribution is -2.27. The first-order chi connectivity index (χ1) is 18.0. The van der Waals surface area contributed by atoms with Gasteiger partial charge >= 0.3 is 17.8 Å². The highest BCUT2D eigenvalue weighted by molar-refractivity contribution is 7.15. The summed E-state index contributed by atoms with van der Waals surface area (Å²) in [5, 5.41) is 15.5. The maximum absolute atomic E-state index is 12.8. The summed E-state index contributed by atoms with van der Waals surface area (Å²) in [4.78, 5) is 23.3. The Bertz CT molecular complexity index is 1450. The molecule has 38 heavy (non-hydrogen) atoms. The van der Waals surface area contributed by atoms with E-state index in [1.165, 1.54) is 16.5 Å². The van der Waals surface area contributed by atoms with E-state index in [2.05, 4.69) is 22.3 Å². The Balaban J connectivity index is 0.000000505.